The van der Waals surface area contributed by atoms with Crippen molar-refractivity contribution < 1.29 is 24.5 Å². The smallest absolute Gasteiger partial charge is 0.336 e. The first-order chi connectivity index (χ1) is 10.5. The van der Waals surface area contributed by atoms with Gasteiger partial charge in [0.2, 0.25) is 5.75 Å². The first-order valence-corrected chi connectivity index (χ1v) is 6.37. The SMILES string of the molecule is COc1ccc(-c2cc(=O)oc3c(O)c(O)ccc23)cc1O. The molecule has 6 heteroatoms. The van der Waals surface area contributed by atoms with E-state index in [1.165, 1.54) is 31.4 Å². The predicted octanol–water partition coefficient (Wildman–Crippen LogP) is 2.59. The van der Waals surface area contributed by atoms with Gasteiger partial charge in [0.15, 0.2) is 22.8 Å². The van der Waals surface area contributed by atoms with Gasteiger partial charge in [-0.1, -0.05) is 6.07 Å². The Kier molecular flexibility index (Phi) is 3.14. The Labute approximate surface area is 124 Å². The zero-order valence-electron chi connectivity index (χ0n) is 11.5. The van der Waals surface area contributed by atoms with E-state index in [0.717, 1.165) is 0 Å². The third-order valence-corrected chi connectivity index (χ3v) is 3.36. The molecular weight excluding hydrogens is 288 g/mol. The Morgan fingerprint density at radius 1 is 1.00 bits per heavy atom. The topological polar surface area (TPSA) is 100 Å². The second-order valence-corrected chi connectivity index (χ2v) is 4.68. The molecule has 2 aromatic carbocycles. The number of fused-ring (bicyclic) bond motifs is 1. The number of rotatable bonds is 2. The van der Waals surface area contributed by atoms with E-state index in [9.17, 15) is 20.1 Å². The fraction of sp³-hybridized carbons (Fsp3) is 0.0625. The normalized spacial score (nSPS) is 10.8. The molecule has 112 valence electrons. The molecule has 0 spiro atoms. The second-order valence-electron chi connectivity index (χ2n) is 4.68. The molecule has 0 saturated carbocycles. The summed E-state index contributed by atoms with van der Waals surface area (Å²) in [6.07, 6.45) is 0. The quantitative estimate of drug-likeness (QED) is 0.497. The number of benzene rings is 2. The van der Waals surface area contributed by atoms with Gasteiger partial charge in [0.1, 0.15) is 0 Å². The predicted molar refractivity (Wildman–Crippen MR) is 79.5 cm³/mol. The van der Waals surface area contributed by atoms with Crippen molar-refractivity contribution in [2.24, 2.45) is 0 Å². The first kappa shape index (κ1) is 13.8. The molecule has 0 unspecified atom stereocenters. The van der Waals surface area contributed by atoms with Gasteiger partial charge in [-0.15, -0.1) is 0 Å². The van der Waals surface area contributed by atoms with Crippen LogP contribution in [0.1, 0.15) is 0 Å². The largest absolute Gasteiger partial charge is 0.504 e. The minimum atomic E-state index is -0.682. The van der Waals surface area contributed by atoms with E-state index < -0.39 is 11.4 Å². The van der Waals surface area contributed by atoms with Gasteiger partial charge in [-0.2, -0.15) is 0 Å². The average molecular weight is 300 g/mol. The Morgan fingerprint density at radius 3 is 2.45 bits per heavy atom. The summed E-state index contributed by atoms with van der Waals surface area (Å²) in [6, 6.07) is 8.73. The summed E-state index contributed by atoms with van der Waals surface area (Å²) in [5.41, 5.74) is 0.206. The van der Waals surface area contributed by atoms with Crippen molar-refractivity contribution in [1.82, 2.24) is 0 Å². The molecule has 0 atom stereocenters. The number of hydrogen-bond donors (Lipinski definition) is 3. The Morgan fingerprint density at radius 2 is 1.77 bits per heavy atom. The summed E-state index contributed by atoms with van der Waals surface area (Å²) in [4.78, 5) is 11.7. The van der Waals surface area contributed by atoms with Crippen molar-refractivity contribution in [1.29, 1.82) is 0 Å². The molecule has 0 aliphatic heterocycles. The molecule has 1 heterocycles. The van der Waals surface area contributed by atoms with E-state index in [0.29, 0.717) is 22.3 Å². The molecule has 0 amide bonds. The molecule has 0 radical (unpaired) electrons. The third-order valence-electron chi connectivity index (χ3n) is 3.36. The van der Waals surface area contributed by atoms with E-state index in [-0.39, 0.29) is 17.1 Å². The van der Waals surface area contributed by atoms with Gasteiger partial charge >= 0.3 is 5.63 Å². The van der Waals surface area contributed by atoms with Crippen molar-refractivity contribution >= 4 is 11.0 Å². The van der Waals surface area contributed by atoms with Crippen LogP contribution in [0.25, 0.3) is 22.1 Å². The highest BCUT2D eigenvalue weighted by Gasteiger charge is 2.15. The van der Waals surface area contributed by atoms with Crippen molar-refractivity contribution in [3.8, 4) is 34.1 Å². The van der Waals surface area contributed by atoms with Gasteiger partial charge in [-0.3, -0.25) is 0 Å². The highest BCUT2D eigenvalue weighted by molar-refractivity contribution is 5.97. The van der Waals surface area contributed by atoms with Gasteiger partial charge in [-0.05, 0) is 29.8 Å². The van der Waals surface area contributed by atoms with E-state index in [1.807, 2.05) is 0 Å². The molecular formula is C16H12O6. The molecule has 3 N–H and O–H groups in total. The maximum absolute atomic E-state index is 11.7. The Bertz CT molecular complexity index is 926. The lowest BCUT2D eigenvalue weighted by Gasteiger charge is -2.09. The van der Waals surface area contributed by atoms with E-state index in [4.69, 9.17) is 9.15 Å². The zero-order valence-corrected chi connectivity index (χ0v) is 11.5. The lowest BCUT2D eigenvalue weighted by atomic mass is 10.0. The van der Waals surface area contributed by atoms with Crippen LogP contribution < -0.4 is 10.4 Å². The highest BCUT2D eigenvalue weighted by atomic mass is 16.5. The number of methoxy groups -OCH3 is 1. The molecule has 0 aliphatic rings. The van der Waals surface area contributed by atoms with Crippen molar-refractivity contribution in [2.75, 3.05) is 7.11 Å². The fourth-order valence-electron chi connectivity index (χ4n) is 2.30. The van der Waals surface area contributed by atoms with E-state index in [1.54, 1.807) is 12.1 Å². The van der Waals surface area contributed by atoms with Crippen LogP contribution in [0.2, 0.25) is 0 Å². The van der Waals surface area contributed by atoms with E-state index >= 15 is 0 Å². The van der Waals surface area contributed by atoms with Crippen LogP contribution in [0.15, 0.2) is 45.6 Å². The molecule has 3 aromatic rings. The Balaban J connectivity index is 2.33. The summed E-state index contributed by atoms with van der Waals surface area (Å²) in [5, 5.41) is 29.7. The Hall–Kier alpha value is -3.15. The van der Waals surface area contributed by atoms with Crippen LogP contribution in [0.5, 0.6) is 23.0 Å². The number of aromatic hydroxyl groups is 3. The first-order valence-electron chi connectivity index (χ1n) is 6.37. The molecule has 22 heavy (non-hydrogen) atoms. The summed E-state index contributed by atoms with van der Waals surface area (Å²) < 4.78 is 9.94. The minimum absolute atomic E-state index is 0.0793. The monoisotopic (exact) mass is 300 g/mol. The zero-order chi connectivity index (χ0) is 15.9. The van der Waals surface area contributed by atoms with Gasteiger partial charge in [0.05, 0.1) is 7.11 Å². The van der Waals surface area contributed by atoms with Crippen LogP contribution in [0.3, 0.4) is 0 Å². The molecule has 1 aromatic heterocycles. The van der Waals surface area contributed by atoms with Crippen molar-refractivity contribution in [2.45, 2.75) is 0 Å². The second kappa shape index (κ2) is 5.00. The lowest BCUT2D eigenvalue weighted by Crippen LogP contribution is -1.98. The van der Waals surface area contributed by atoms with Crippen LogP contribution in [-0.2, 0) is 0 Å². The van der Waals surface area contributed by atoms with Crippen LogP contribution in [0, 0.1) is 0 Å². The maximum atomic E-state index is 11.7. The third kappa shape index (κ3) is 2.10. The molecule has 0 bridgehead atoms. The molecule has 0 aliphatic carbocycles. The lowest BCUT2D eigenvalue weighted by molar-refractivity contribution is 0.373. The standard InChI is InChI=1S/C16H12O6/c1-21-13-5-2-8(6-12(13)18)10-7-14(19)22-16-9(10)3-4-11(17)15(16)20/h2-7,17-18,20H,1H3. The number of hydrogen-bond acceptors (Lipinski definition) is 6. The number of phenols is 3. The van der Waals surface area contributed by atoms with Gasteiger partial charge in [0, 0.05) is 17.0 Å². The molecule has 0 fully saturated rings. The summed E-state index contributed by atoms with van der Waals surface area (Å²) in [7, 11) is 1.43. The summed E-state index contributed by atoms with van der Waals surface area (Å²) in [6.45, 7) is 0. The van der Waals surface area contributed by atoms with Gasteiger partial charge in [0.25, 0.3) is 0 Å². The van der Waals surface area contributed by atoms with Gasteiger partial charge < -0.3 is 24.5 Å². The van der Waals surface area contributed by atoms with Crippen LogP contribution >= 0.6 is 0 Å². The molecule has 0 saturated heterocycles. The van der Waals surface area contributed by atoms with Crippen LogP contribution in [0.4, 0.5) is 0 Å². The summed E-state index contributed by atoms with van der Waals surface area (Å²) >= 11 is 0. The highest BCUT2D eigenvalue weighted by Crippen LogP contribution is 2.39. The minimum Gasteiger partial charge on any atom is -0.504 e. The van der Waals surface area contributed by atoms with Crippen molar-refractivity contribution in [3.05, 3.63) is 46.8 Å². The summed E-state index contributed by atoms with van der Waals surface area (Å²) in [5.74, 6) is -0.666. The fourth-order valence-corrected chi connectivity index (χ4v) is 2.30. The average Bonchev–Trinajstić information content (AvgIpc) is 2.50. The molecule has 3 rings (SSSR count). The maximum Gasteiger partial charge on any atom is 0.336 e. The van der Waals surface area contributed by atoms with Crippen LogP contribution in [-0.4, -0.2) is 22.4 Å². The van der Waals surface area contributed by atoms with E-state index in [2.05, 4.69) is 0 Å². The van der Waals surface area contributed by atoms with Gasteiger partial charge in [-0.25, -0.2) is 4.79 Å². The van der Waals surface area contributed by atoms with Crippen molar-refractivity contribution in [3.63, 3.8) is 0 Å². The number of phenolic OH excluding ortho intramolecular Hbond substituents is 3. The molecule has 6 nitrogen and oxygen atoms in total. The number of ether oxygens (including phenoxy) is 1.